The number of fused-ring (bicyclic) bond motifs is 1. The van der Waals surface area contributed by atoms with E-state index in [-0.39, 0.29) is 10.3 Å². The second kappa shape index (κ2) is 3.77. The van der Waals surface area contributed by atoms with Crippen molar-refractivity contribution in [2.24, 2.45) is 0 Å². The molecule has 0 spiro atoms. The van der Waals surface area contributed by atoms with Crippen molar-refractivity contribution < 1.29 is 4.79 Å². The summed E-state index contributed by atoms with van der Waals surface area (Å²) in [7, 11) is 0. The summed E-state index contributed by atoms with van der Waals surface area (Å²) in [5.41, 5.74) is 1.24. The highest BCUT2D eigenvalue weighted by atomic mass is 32.2. The van der Waals surface area contributed by atoms with Gasteiger partial charge in [-0.2, -0.15) is 0 Å². The van der Waals surface area contributed by atoms with E-state index < -0.39 is 0 Å². The Bertz CT molecular complexity index is 485. The lowest BCUT2D eigenvalue weighted by Crippen LogP contribution is -2.62. The van der Waals surface area contributed by atoms with Crippen LogP contribution in [0.15, 0.2) is 30.3 Å². The maximum Gasteiger partial charge on any atom is 0.226 e. The summed E-state index contributed by atoms with van der Waals surface area (Å²) in [4.78, 5) is 14.0. The SMILES string of the molecule is CC1(C)S[C@@H]2CC(=O)N2[C@]1(C)Cc1ccccc1. The second-order valence-corrected chi connectivity index (χ2v) is 7.79. The van der Waals surface area contributed by atoms with Crippen LogP contribution in [-0.2, 0) is 11.2 Å². The van der Waals surface area contributed by atoms with Gasteiger partial charge in [0.05, 0.1) is 17.3 Å². The molecule has 0 radical (unpaired) electrons. The van der Waals surface area contributed by atoms with E-state index >= 15 is 0 Å². The molecule has 18 heavy (non-hydrogen) atoms. The van der Waals surface area contributed by atoms with Crippen LogP contribution in [0, 0.1) is 0 Å². The third kappa shape index (κ3) is 1.53. The minimum Gasteiger partial charge on any atom is -0.323 e. The topological polar surface area (TPSA) is 20.3 Å². The summed E-state index contributed by atoms with van der Waals surface area (Å²) in [5.74, 6) is 0.316. The van der Waals surface area contributed by atoms with Crippen LogP contribution in [0.25, 0.3) is 0 Å². The summed E-state index contributed by atoms with van der Waals surface area (Å²) in [6.45, 7) is 6.78. The maximum atomic E-state index is 11.9. The monoisotopic (exact) mass is 261 g/mol. The van der Waals surface area contributed by atoms with E-state index in [9.17, 15) is 4.79 Å². The zero-order valence-corrected chi connectivity index (χ0v) is 12.0. The van der Waals surface area contributed by atoms with Crippen molar-refractivity contribution in [3.63, 3.8) is 0 Å². The highest BCUT2D eigenvalue weighted by Crippen LogP contribution is 2.57. The van der Waals surface area contributed by atoms with E-state index in [0.29, 0.717) is 11.3 Å². The number of thioether (sulfide) groups is 1. The van der Waals surface area contributed by atoms with Gasteiger partial charge in [-0.05, 0) is 32.8 Å². The predicted octanol–water partition coefficient (Wildman–Crippen LogP) is 3.07. The number of nitrogens with zero attached hydrogens (tertiary/aromatic N) is 1. The van der Waals surface area contributed by atoms with Crippen LogP contribution < -0.4 is 0 Å². The summed E-state index contributed by atoms with van der Waals surface area (Å²) >= 11 is 1.95. The van der Waals surface area contributed by atoms with Crippen molar-refractivity contribution in [1.82, 2.24) is 4.90 Å². The average Bonchev–Trinajstić information content (AvgIpc) is 2.43. The Morgan fingerprint density at radius 2 is 1.94 bits per heavy atom. The molecule has 2 saturated heterocycles. The highest BCUT2D eigenvalue weighted by molar-refractivity contribution is 8.01. The molecule has 3 rings (SSSR count). The van der Waals surface area contributed by atoms with Crippen LogP contribution in [0.4, 0.5) is 0 Å². The van der Waals surface area contributed by atoms with Gasteiger partial charge < -0.3 is 4.90 Å². The van der Waals surface area contributed by atoms with Gasteiger partial charge in [-0.1, -0.05) is 30.3 Å². The van der Waals surface area contributed by atoms with Crippen LogP contribution in [-0.4, -0.2) is 26.5 Å². The molecule has 2 heterocycles. The molecule has 2 nitrogen and oxygen atoms in total. The average molecular weight is 261 g/mol. The minimum atomic E-state index is -0.0704. The molecule has 0 bridgehead atoms. The number of carbonyl (C=O) groups excluding carboxylic acids is 1. The lowest BCUT2D eigenvalue weighted by atomic mass is 9.78. The molecule has 0 unspecified atom stereocenters. The largest absolute Gasteiger partial charge is 0.323 e. The van der Waals surface area contributed by atoms with E-state index in [1.54, 1.807) is 0 Å². The van der Waals surface area contributed by atoms with Crippen molar-refractivity contribution in [2.45, 2.75) is 49.3 Å². The van der Waals surface area contributed by atoms with Crippen LogP contribution in [0.2, 0.25) is 0 Å². The maximum absolute atomic E-state index is 11.9. The zero-order valence-electron chi connectivity index (χ0n) is 11.1. The van der Waals surface area contributed by atoms with Crippen LogP contribution in [0.1, 0.15) is 32.8 Å². The Hall–Kier alpha value is -0.960. The number of β-lactam (4-membered cyclic amide) rings is 1. The van der Waals surface area contributed by atoms with Crippen molar-refractivity contribution in [1.29, 1.82) is 0 Å². The van der Waals surface area contributed by atoms with Gasteiger partial charge in [0, 0.05) is 4.75 Å². The van der Waals surface area contributed by atoms with Gasteiger partial charge in [0.1, 0.15) is 0 Å². The third-order valence-electron chi connectivity index (χ3n) is 4.56. The molecule has 2 aliphatic rings. The first-order valence-electron chi connectivity index (χ1n) is 6.48. The molecule has 96 valence electrons. The van der Waals surface area contributed by atoms with Crippen molar-refractivity contribution in [3.05, 3.63) is 35.9 Å². The van der Waals surface area contributed by atoms with Gasteiger partial charge in [-0.15, -0.1) is 11.8 Å². The van der Waals surface area contributed by atoms with E-state index in [1.807, 2.05) is 17.8 Å². The standard InChI is InChI=1S/C15H19NOS/c1-14(2)15(3,10-11-7-5-4-6-8-11)16-12(17)9-13(16)18-14/h4-8,13H,9-10H2,1-3H3/t13-,15-/m1/s1. The number of hydrogen-bond donors (Lipinski definition) is 0. The van der Waals surface area contributed by atoms with Crippen molar-refractivity contribution in [2.75, 3.05) is 0 Å². The molecule has 2 atom stereocenters. The Balaban J connectivity index is 1.94. The van der Waals surface area contributed by atoms with Gasteiger partial charge >= 0.3 is 0 Å². The van der Waals surface area contributed by atoms with Crippen LogP contribution in [0.5, 0.6) is 0 Å². The fourth-order valence-electron chi connectivity index (χ4n) is 3.12. The fraction of sp³-hybridized carbons (Fsp3) is 0.533. The molecule has 0 saturated carbocycles. The van der Waals surface area contributed by atoms with Crippen LogP contribution in [0.3, 0.4) is 0 Å². The first-order valence-corrected chi connectivity index (χ1v) is 7.36. The Morgan fingerprint density at radius 1 is 1.28 bits per heavy atom. The lowest BCUT2D eigenvalue weighted by molar-refractivity contribution is -0.149. The Morgan fingerprint density at radius 3 is 2.56 bits per heavy atom. The first kappa shape index (κ1) is 12.1. The van der Waals surface area contributed by atoms with Crippen molar-refractivity contribution in [3.8, 4) is 0 Å². The van der Waals surface area contributed by atoms with E-state index in [0.717, 1.165) is 12.8 Å². The van der Waals surface area contributed by atoms with Crippen LogP contribution >= 0.6 is 11.8 Å². The number of carbonyl (C=O) groups is 1. The molecular formula is C15H19NOS. The first-order chi connectivity index (χ1) is 8.44. The van der Waals surface area contributed by atoms with E-state index in [4.69, 9.17) is 0 Å². The smallest absolute Gasteiger partial charge is 0.226 e. The molecule has 0 aromatic heterocycles. The molecule has 1 aromatic rings. The molecule has 3 heteroatoms. The fourth-order valence-corrected chi connectivity index (χ4v) is 4.91. The summed E-state index contributed by atoms with van der Waals surface area (Å²) in [6, 6.07) is 10.5. The summed E-state index contributed by atoms with van der Waals surface area (Å²) in [5, 5.41) is 0.404. The summed E-state index contributed by atoms with van der Waals surface area (Å²) in [6.07, 6.45) is 1.66. The van der Waals surface area contributed by atoms with Gasteiger partial charge in [-0.25, -0.2) is 0 Å². The van der Waals surface area contributed by atoms with Gasteiger partial charge in [0.25, 0.3) is 0 Å². The molecule has 2 aliphatic heterocycles. The number of benzene rings is 1. The molecule has 1 amide bonds. The number of hydrogen-bond acceptors (Lipinski definition) is 2. The number of amides is 1. The lowest BCUT2D eigenvalue weighted by Gasteiger charge is -2.47. The predicted molar refractivity (Wildman–Crippen MR) is 75.5 cm³/mol. The zero-order chi connectivity index (χ0) is 13.0. The van der Waals surface area contributed by atoms with E-state index in [1.165, 1.54) is 5.56 Å². The molecular weight excluding hydrogens is 242 g/mol. The molecule has 0 N–H and O–H groups in total. The van der Waals surface area contributed by atoms with Gasteiger partial charge in [-0.3, -0.25) is 4.79 Å². The van der Waals surface area contributed by atoms with E-state index in [2.05, 4.69) is 49.9 Å². The summed E-state index contributed by atoms with van der Waals surface area (Å²) < 4.78 is 0.111. The van der Waals surface area contributed by atoms with Gasteiger partial charge in [0.15, 0.2) is 0 Å². The number of rotatable bonds is 2. The molecule has 2 fully saturated rings. The van der Waals surface area contributed by atoms with Gasteiger partial charge in [0.2, 0.25) is 5.91 Å². The minimum absolute atomic E-state index is 0.0704. The van der Waals surface area contributed by atoms with Crippen molar-refractivity contribution >= 4 is 17.7 Å². The normalized spacial score (nSPS) is 33.2. The third-order valence-corrected chi connectivity index (χ3v) is 6.24. The quantitative estimate of drug-likeness (QED) is 0.763. The highest BCUT2D eigenvalue weighted by Gasteiger charge is 2.62. The molecule has 1 aromatic carbocycles. The Labute approximate surface area is 113 Å². The molecule has 0 aliphatic carbocycles. The second-order valence-electron chi connectivity index (χ2n) is 5.99. The Kier molecular flexibility index (Phi) is 2.53.